The lowest BCUT2D eigenvalue weighted by atomic mass is 10.1. The third-order valence-corrected chi connectivity index (χ3v) is 7.01. The average molecular weight is 508 g/mol. The van der Waals surface area contributed by atoms with E-state index in [0.717, 1.165) is 62.3 Å². The summed E-state index contributed by atoms with van der Waals surface area (Å²) in [6.07, 6.45) is -0.499. The SMILES string of the molecule is CN1CCN(c2ccc(-c3nc(NC4CC4)c4ncn(Cc5ccc(C(F)(F)F)cc5)c4n3)cc2)CC1. The predicted molar refractivity (Wildman–Crippen MR) is 138 cm³/mol. The normalized spacial score (nSPS) is 16.9. The summed E-state index contributed by atoms with van der Waals surface area (Å²) in [4.78, 5) is 18.9. The molecule has 1 aliphatic carbocycles. The van der Waals surface area contributed by atoms with Gasteiger partial charge in [-0.3, -0.25) is 0 Å². The topological polar surface area (TPSA) is 62.1 Å². The minimum atomic E-state index is -4.36. The van der Waals surface area contributed by atoms with Crippen LogP contribution in [0.3, 0.4) is 0 Å². The number of aromatic nitrogens is 4. The van der Waals surface area contributed by atoms with Crippen molar-refractivity contribution in [2.45, 2.75) is 31.6 Å². The zero-order valence-corrected chi connectivity index (χ0v) is 20.5. The summed E-state index contributed by atoms with van der Waals surface area (Å²) in [6, 6.07) is 13.9. The van der Waals surface area contributed by atoms with Gasteiger partial charge in [-0.25, -0.2) is 15.0 Å². The van der Waals surface area contributed by atoms with Crippen LogP contribution in [0.5, 0.6) is 0 Å². The van der Waals surface area contributed by atoms with E-state index in [2.05, 4.69) is 39.3 Å². The highest BCUT2D eigenvalue weighted by atomic mass is 19.4. The fraction of sp³-hybridized carbons (Fsp3) is 0.370. The van der Waals surface area contributed by atoms with Gasteiger partial charge in [0.25, 0.3) is 0 Å². The van der Waals surface area contributed by atoms with E-state index in [0.29, 0.717) is 35.4 Å². The summed E-state index contributed by atoms with van der Waals surface area (Å²) >= 11 is 0. The molecule has 0 spiro atoms. The first-order valence-corrected chi connectivity index (χ1v) is 12.5. The number of likely N-dealkylation sites (N-methyl/N-ethyl adjacent to an activating group) is 1. The zero-order chi connectivity index (χ0) is 25.6. The molecule has 0 radical (unpaired) electrons. The van der Waals surface area contributed by atoms with Crippen LogP contribution in [0.2, 0.25) is 0 Å². The predicted octanol–water partition coefficient (Wildman–Crippen LogP) is 4.89. The lowest BCUT2D eigenvalue weighted by molar-refractivity contribution is -0.137. The van der Waals surface area contributed by atoms with Gasteiger partial charge in [-0.2, -0.15) is 13.2 Å². The summed E-state index contributed by atoms with van der Waals surface area (Å²) in [7, 11) is 2.14. The van der Waals surface area contributed by atoms with Gasteiger partial charge >= 0.3 is 6.18 Å². The van der Waals surface area contributed by atoms with Crippen LogP contribution >= 0.6 is 0 Å². The number of anilines is 2. The fourth-order valence-electron chi connectivity index (χ4n) is 4.59. The molecule has 2 aliphatic rings. The van der Waals surface area contributed by atoms with Gasteiger partial charge in [0.2, 0.25) is 0 Å². The Hall–Kier alpha value is -3.66. The summed E-state index contributed by atoms with van der Waals surface area (Å²) in [5, 5.41) is 3.47. The average Bonchev–Trinajstić information content (AvgIpc) is 3.62. The molecule has 0 amide bonds. The molecule has 0 atom stereocenters. The van der Waals surface area contributed by atoms with Crippen LogP contribution in [0, 0.1) is 0 Å². The molecule has 7 nitrogen and oxygen atoms in total. The number of fused-ring (bicyclic) bond motifs is 1. The van der Waals surface area contributed by atoms with E-state index in [4.69, 9.17) is 9.97 Å². The zero-order valence-electron chi connectivity index (χ0n) is 20.5. The van der Waals surface area contributed by atoms with Crippen LogP contribution in [0.1, 0.15) is 24.0 Å². The van der Waals surface area contributed by atoms with Crippen molar-refractivity contribution in [2.24, 2.45) is 0 Å². The van der Waals surface area contributed by atoms with E-state index in [-0.39, 0.29) is 0 Å². The third-order valence-electron chi connectivity index (χ3n) is 7.01. The number of nitrogens with zero attached hydrogens (tertiary/aromatic N) is 6. The van der Waals surface area contributed by atoms with Gasteiger partial charge in [-0.1, -0.05) is 12.1 Å². The van der Waals surface area contributed by atoms with Crippen LogP contribution in [0.4, 0.5) is 24.7 Å². The van der Waals surface area contributed by atoms with E-state index >= 15 is 0 Å². The summed E-state index contributed by atoms with van der Waals surface area (Å²) < 4.78 is 40.8. The Morgan fingerprint density at radius 3 is 2.27 bits per heavy atom. The van der Waals surface area contributed by atoms with Gasteiger partial charge in [-0.15, -0.1) is 0 Å². The first kappa shape index (κ1) is 23.7. The Labute approximate surface area is 213 Å². The maximum absolute atomic E-state index is 13.0. The Morgan fingerprint density at radius 2 is 1.62 bits per heavy atom. The molecule has 2 aromatic carbocycles. The molecule has 0 bridgehead atoms. The Kier molecular flexibility index (Phi) is 5.98. The summed E-state index contributed by atoms with van der Waals surface area (Å²) in [5.41, 5.74) is 3.48. The lowest BCUT2D eigenvalue weighted by Gasteiger charge is -2.34. The molecule has 1 aliphatic heterocycles. The van der Waals surface area contributed by atoms with Gasteiger partial charge in [0.05, 0.1) is 18.4 Å². The highest BCUT2D eigenvalue weighted by Crippen LogP contribution is 2.32. The van der Waals surface area contributed by atoms with E-state index < -0.39 is 11.7 Å². The molecule has 1 saturated heterocycles. The van der Waals surface area contributed by atoms with Gasteiger partial charge in [-0.05, 0) is 61.9 Å². The number of piperazine rings is 1. The number of halogens is 3. The molecule has 1 saturated carbocycles. The third kappa shape index (κ3) is 5.11. The number of benzene rings is 2. The van der Waals surface area contributed by atoms with Crippen molar-refractivity contribution in [1.29, 1.82) is 0 Å². The van der Waals surface area contributed by atoms with Crippen molar-refractivity contribution in [1.82, 2.24) is 24.4 Å². The maximum Gasteiger partial charge on any atom is 0.416 e. The van der Waals surface area contributed by atoms with Crippen LogP contribution in [-0.2, 0) is 12.7 Å². The molecule has 6 rings (SSSR count). The minimum Gasteiger partial charge on any atom is -0.369 e. The molecule has 0 unspecified atom stereocenters. The van der Waals surface area contributed by atoms with Crippen molar-refractivity contribution in [3.63, 3.8) is 0 Å². The van der Waals surface area contributed by atoms with E-state index in [1.54, 1.807) is 6.33 Å². The number of hydrogen-bond donors (Lipinski definition) is 1. The van der Waals surface area contributed by atoms with E-state index in [1.165, 1.54) is 17.8 Å². The molecular formula is C27H28F3N7. The quantitative estimate of drug-likeness (QED) is 0.401. The van der Waals surface area contributed by atoms with Gasteiger partial charge < -0.3 is 19.7 Å². The molecule has 37 heavy (non-hydrogen) atoms. The second-order valence-electron chi connectivity index (χ2n) is 9.89. The van der Waals surface area contributed by atoms with Crippen molar-refractivity contribution in [2.75, 3.05) is 43.4 Å². The summed E-state index contributed by atoms with van der Waals surface area (Å²) in [5.74, 6) is 1.28. The Bertz CT molecular complexity index is 1380. The highest BCUT2D eigenvalue weighted by molar-refractivity contribution is 5.85. The molecule has 3 heterocycles. The van der Waals surface area contributed by atoms with E-state index in [9.17, 15) is 13.2 Å². The molecule has 10 heteroatoms. The number of alkyl halides is 3. The molecule has 192 valence electrons. The van der Waals surface area contributed by atoms with Crippen molar-refractivity contribution in [3.8, 4) is 11.4 Å². The van der Waals surface area contributed by atoms with Crippen LogP contribution in [-0.4, -0.2) is 63.7 Å². The largest absolute Gasteiger partial charge is 0.416 e. The van der Waals surface area contributed by atoms with Crippen molar-refractivity contribution in [3.05, 3.63) is 66.0 Å². The van der Waals surface area contributed by atoms with Gasteiger partial charge in [0.1, 0.15) is 5.52 Å². The monoisotopic (exact) mass is 507 g/mol. The Balaban J connectivity index is 1.31. The Morgan fingerprint density at radius 1 is 0.919 bits per heavy atom. The second kappa shape index (κ2) is 9.33. The van der Waals surface area contributed by atoms with Crippen LogP contribution < -0.4 is 10.2 Å². The molecule has 4 aromatic rings. The van der Waals surface area contributed by atoms with Gasteiger partial charge in [0.15, 0.2) is 17.3 Å². The van der Waals surface area contributed by atoms with Crippen molar-refractivity contribution < 1.29 is 13.2 Å². The smallest absolute Gasteiger partial charge is 0.369 e. The number of nitrogens with one attached hydrogen (secondary N) is 1. The fourth-order valence-corrected chi connectivity index (χ4v) is 4.59. The van der Waals surface area contributed by atoms with Crippen molar-refractivity contribution >= 4 is 22.7 Å². The highest BCUT2D eigenvalue weighted by Gasteiger charge is 2.30. The molecular weight excluding hydrogens is 479 g/mol. The first-order valence-electron chi connectivity index (χ1n) is 12.5. The summed E-state index contributed by atoms with van der Waals surface area (Å²) in [6.45, 7) is 4.44. The second-order valence-corrected chi connectivity index (χ2v) is 9.89. The van der Waals surface area contributed by atoms with Crippen LogP contribution in [0.25, 0.3) is 22.6 Å². The minimum absolute atomic E-state index is 0.357. The molecule has 2 fully saturated rings. The number of rotatable bonds is 6. The maximum atomic E-state index is 13.0. The van der Waals surface area contributed by atoms with Crippen LogP contribution in [0.15, 0.2) is 54.9 Å². The number of hydrogen-bond acceptors (Lipinski definition) is 6. The molecule has 2 aromatic heterocycles. The molecule has 1 N–H and O–H groups in total. The number of imidazole rings is 1. The first-order chi connectivity index (χ1) is 17.8. The van der Waals surface area contributed by atoms with E-state index in [1.807, 2.05) is 16.7 Å². The lowest BCUT2D eigenvalue weighted by Crippen LogP contribution is -2.44. The standard InChI is InChI=1S/C27H28F3N7/c1-35-12-14-36(15-13-35)22-10-4-19(5-11-22)24-33-25(32-21-8-9-21)23-26(34-24)37(17-31-23)16-18-2-6-20(7-3-18)27(28,29)30/h2-7,10-11,17,21H,8-9,12-16H2,1H3,(H,32,33,34). The van der Waals surface area contributed by atoms with Gasteiger partial charge in [0, 0.05) is 43.5 Å².